The fraction of sp³-hybridized carbons (Fsp3) is 0.231. The van der Waals surface area contributed by atoms with Gasteiger partial charge in [0, 0.05) is 71.2 Å². The Hall–Kier alpha value is -5.03. The molecule has 9 rings (SSSR count). The summed E-state index contributed by atoms with van der Waals surface area (Å²) in [5.74, 6) is 1.17. The number of para-hydroxylation sites is 2. The van der Waals surface area contributed by atoms with E-state index in [0.29, 0.717) is 40.6 Å². The first kappa shape index (κ1) is 31.0. The highest BCUT2D eigenvalue weighted by Crippen LogP contribution is 2.45. The van der Waals surface area contributed by atoms with Crippen LogP contribution in [0.2, 0.25) is 5.02 Å². The van der Waals surface area contributed by atoms with Crippen LogP contribution in [0.15, 0.2) is 91.1 Å². The smallest absolute Gasteiger partial charge is 0.259 e. The number of carbonyl (C=O) groups is 2. The summed E-state index contributed by atoms with van der Waals surface area (Å²) >= 11 is 8.19. The third-order valence-corrected chi connectivity index (χ3v) is 11.6. The monoisotopic (exact) mass is 700 g/mol. The maximum Gasteiger partial charge on any atom is 0.259 e. The van der Waals surface area contributed by atoms with E-state index in [1.807, 2.05) is 53.4 Å². The van der Waals surface area contributed by atoms with Crippen LogP contribution in [-0.4, -0.2) is 59.6 Å². The number of amides is 2. The van der Waals surface area contributed by atoms with Crippen LogP contribution in [0.5, 0.6) is 0 Å². The van der Waals surface area contributed by atoms with Gasteiger partial charge in [0.2, 0.25) is 0 Å². The molecule has 1 spiro atoms. The second kappa shape index (κ2) is 12.4. The molecule has 250 valence electrons. The Labute approximate surface area is 297 Å². The molecule has 9 nitrogen and oxygen atoms in total. The van der Waals surface area contributed by atoms with Crippen molar-refractivity contribution in [1.29, 1.82) is 0 Å². The summed E-state index contributed by atoms with van der Waals surface area (Å²) < 4.78 is 5.56. The molecule has 2 fully saturated rings. The Morgan fingerprint density at radius 2 is 1.78 bits per heavy atom. The lowest BCUT2D eigenvalue weighted by Crippen LogP contribution is -2.59. The van der Waals surface area contributed by atoms with Crippen LogP contribution in [0.4, 0.5) is 17.2 Å². The summed E-state index contributed by atoms with van der Waals surface area (Å²) in [6.45, 7) is 3.83. The van der Waals surface area contributed by atoms with Gasteiger partial charge in [-0.3, -0.25) is 9.59 Å². The standard InChI is InChI=1S/C39H33ClN6O3S/c40-26-9-12-28-32(21-26)46(17-13-25-20-33(50-34(25)28)35-43-30-5-1-2-6-31(30)44-35)38(48)24-7-10-27(11-8-24)42-37(47)29-4-3-16-41-36(29)45-22-39(23-45)14-18-49-19-15-39/h1-12,16,20-21H,13-15,17-19,22-23H2,(H,42,47)(H,43,44). The Morgan fingerprint density at radius 1 is 0.960 bits per heavy atom. The number of rotatable bonds is 5. The van der Waals surface area contributed by atoms with E-state index < -0.39 is 0 Å². The number of anilines is 3. The van der Waals surface area contributed by atoms with Crippen molar-refractivity contribution >= 4 is 63.0 Å². The molecule has 3 aliphatic heterocycles. The number of aromatic amines is 1. The van der Waals surface area contributed by atoms with E-state index in [9.17, 15) is 9.59 Å². The van der Waals surface area contributed by atoms with Crippen molar-refractivity contribution in [3.05, 3.63) is 113 Å². The van der Waals surface area contributed by atoms with E-state index in [-0.39, 0.29) is 17.2 Å². The number of nitrogens with zero attached hydrogens (tertiary/aromatic N) is 4. The fourth-order valence-electron chi connectivity index (χ4n) is 7.42. The normalized spacial score (nSPS) is 16.4. The zero-order chi connectivity index (χ0) is 33.8. The van der Waals surface area contributed by atoms with Crippen LogP contribution in [0, 0.1) is 5.41 Å². The molecule has 0 saturated carbocycles. The lowest BCUT2D eigenvalue weighted by atomic mass is 9.73. The molecule has 11 heteroatoms. The lowest BCUT2D eigenvalue weighted by Gasteiger charge is -2.53. The van der Waals surface area contributed by atoms with Gasteiger partial charge in [0.15, 0.2) is 0 Å². The van der Waals surface area contributed by atoms with Gasteiger partial charge in [0.1, 0.15) is 11.6 Å². The minimum atomic E-state index is -0.232. The highest BCUT2D eigenvalue weighted by atomic mass is 35.5. The number of H-pyrrole nitrogens is 1. The van der Waals surface area contributed by atoms with Gasteiger partial charge in [-0.05, 0) is 97.6 Å². The van der Waals surface area contributed by atoms with Gasteiger partial charge in [-0.25, -0.2) is 9.97 Å². The molecule has 3 aromatic heterocycles. The number of pyridine rings is 1. The number of fused-ring (bicyclic) bond motifs is 4. The quantitative estimate of drug-likeness (QED) is 0.189. The molecule has 2 amide bonds. The molecule has 2 N–H and O–H groups in total. The Kier molecular flexibility index (Phi) is 7.67. The van der Waals surface area contributed by atoms with Crippen molar-refractivity contribution in [2.45, 2.75) is 19.3 Å². The van der Waals surface area contributed by atoms with Crippen molar-refractivity contribution in [2.75, 3.05) is 48.0 Å². The average molecular weight is 701 g/mol. The molecule has 3 aromatic carbocycles. The largest absolute Gasteiger partial charge is 0.381 e. The molecule has 0 aliphatic carbocycles. The number of hydrogen-bond acceptors (Lipinski definition) is 7. The molecule has 6 heterocycles. The van der Waals surface area contributed by atoms with Crippen LogP contribution in [0.1, 0.15) is 39.1 Å². The molecule has 0 bridgehead atoms. The molecular weight excluding hydrogens is 668 g/mol. The average Bonchev–Trinajstić information content (AvgIpc) is 3.73. The van der Waals surface area contributed by atoms with Gasteiger partial charge in [0.05, 0.1) is 27.2 Å². The van der Waals surface area contributed by atoms with Gasteiger partial charge in [-0.2, -0.15) is 0 Å². The van der Waals surface area contributed by atoms with E-state index >= 15 is 0 Å². The summed E-state index contributed by atoms with van der Waals surface area (Å²) in [6.07, 6.45) is 4.49. The van der Waals surface area contributed by atoms with Gasteiger partial charge >= 0.3 is 0 Å². The van der Waals surface area contributed by atoms with Crippen LogP contribution >= 0.6 is 22.9 Å². The van der Waals surface area contributed by atoms with Gasteiger partial charge in [-0.1, -0.05) is 23.7 Å². The summed E-state index contributed by atoms with van der Waals surface area (Å²) in [7, 11) is 0. The molecule has 3 aliphatic rings. The maximum absolute atomic E-state index is 14.1. The predicted octanol–water partition coefficient (Wildman–Crippen LogP) is 8.08. The molecule has 0 atom stereocenters. The van der Waals surface area contributed by atoms with Crippen LogP contribution in [-0.2, 0) is 11.2 Å². The number of nitrogens with one attached hydrogen (secondary N) is 2. The Bertz CT molecular complexity index is 2230. The zero-order valence-corrected chi connectivity index (χ0v) is 28.7. The maximum atomic E-state index is 14.1. The third kappa shape index (κ3) is 5.53. The Balaban J connectivity index is 0.933. The number of imidazole rings is 1. The lowest BCUT2D eigenvalue weighted by molar-refractivity contribution is -0.000509. The van der Waals surface area contributed by atoms with Crippen molar-refractivity contribution in [2.24, 2.45) is 5.41 Å². The van der Waals surface area contributed by atoms with Crippen molar-refractivity contribution < 1.29 is 14.3 Å². The second-order valence-electron chi connectivity index (χ2n) is 13.3. The van der Waals surface area contributed by atoms with Crippen LogP contribution < -0.4 is 15.1 Å². The molecule has 50 heavy (non-hydrogen) atoms. The van der Waals surface area contributed by atoms with Crippen LogP contribution in [0.25, 0.3) is 32.2 Å². The highest BCUT2D eigenvalue weighted by molar-refractivity contribution is 7.19. The summed E-state index contributed by atoms with van der Waals surface area (Å²) in [5.41, 5.74) is 6.74. The van der Waals surface area contributed by atoms with Gasteiger partial charge in [0.25, 0.3) is 11.8 Å². The van der Waals surface area contributed by atoms with Gasteiger partial charge < -0.3 is 24.8 Å². The second-order valence-corrected chi connectivity index (χ2v) is 14.8. The molecule has 2 saturated heterocycles. The van der Waals surface area contributed by atoms with E-state index in [4.69, 9.17) is 21.3 Å². The topological polar surface area (TPSA) is 103 Å². The molecule has 6 aromatic rings. The van der Waals surface area contributed by atoms with Crippen molar-refractivity contribution in [3.8, 4) is 21.1 Å². The molecular formula is C39H33ClN6O3S. The number of benzene rings is 3. The summed E-state index contributed by atoms with van der Waals surface area (Å²) in [6, 6.07) is 26.6. The molecule has 0 unspecified atom stereocenters. The first-order valence-electron chi connectivity index (χ1n) is 16.8. The Morgan fingerprint density at radius 3 is 2.60 bits per heavy atom. The van der Waals surface area contributed by atoms with Crippen molar-refractivity contribution in [1.82, 2.24) is 15.0 Å². The SMILES string of the molecule is O=C(Nc1ccc(C(=O)N2CCc3cc(-c4nc5ccccc5[nH]4)sc3-c3ccc(Cl)cc32)cc1)c1cccnc1N1CC2(CCOCC2)C1. The first-order chi connectivity index (χ1) is 24.4. The number of thiophene rings is 1. The number of ether oxygens (including phenoxy) is 1. The van der Waals surface area contributed by atoms with E-state index in [0.717, 1.165) is 77.0 Å². The molecule has 0 radical (unpaired) electrons. The third-order valence-electron chi connectivity index (χ3n) is 10.1. The van der Waals surface area contributed by atoms with Gasteiger partial charge in [-0.15, -0.1) is 11.3 Å². The summed E-state index contributed by atoms with van der Waals surface area (Å²) in [4.78, 5) is 46.6. The van der Waals surface area contributed by atoms with E-state index in [2.05, 4.69) is 26.3 Å². The fourth-order valence-corrected chi connectivity index (χ4v) is 8.78. The number of hydrogen-bond donors (Lipinski definition) is 2. The van der Waals surface area contributed by atoms with E-state index in [1.165, 1.54) is 5.56 Å². The number of aromatic nitrogens is 3. The number of halogens is 1. The van der Waals surface area contributed by atoms with Crippen molar-refractivity contribution in [3.63, 3.8) is 0 Å². The minimum Gasteiger partial charge on any atom is -0.381 e. The summed E-state index contributed by atoms with van der Waals surface area (Å²) in [5, 5.41) is 3.58. The highest BCUT2D eigenvalue weighted by Gasteiger charge is 2.45. The minimum absolute atomic E-state index is 0.131. The first-order valence-corrected chi connectivity index (χ1v) is 18.0. The van der Waals surface area contributed by atoms with E-state index in [1.54, 1.807) is 47.9 Å². The predicted molar refractivity (Wildman–Crippen MR) is 199 cm³/mol. The number of carbonyl (C=O) groups excluding carboxylic acids is 2. The van der Waals surface area contributed by atoms with Crippen LogP contribution in [0.3, 0.4) is 0 Å². The zero-order valence-electron chi connectivity index (χ0n) is 27.1.